The van der Waals surface area contributed by atoms with Gasteiger partial charge in [-0.25, -0.2) is 0 Å². The van der Waals surface area contributed by atoms with Gasteiger partial charge in [0.1, 0.15) is 5.75 Å². The molecular formula is C17H27NO3. The van der Waals surface area contributed by atoms with Crippen LogP contribution in [0.25, 0.3) is 0 Å². The minimum Gasteiger partial charge on any atom is -0.496 e. The Kier molecular flexibility index (Phi) is 5.34. The molecule has 0 saturated heterocycles. The molecule has 118 valence electrons. The lowest BCUT2D eigenvalue weighted by atomic mass is 9.77. The van der Waals surface area contributed by atoms with Gasteiger partial charge in [0.15, 0.2) is 11.5 Å². The van der Waals surface area contributed by atoms with Crippen LogP contribution in [0, 0.1) is 11.8 Å². The largest absolute Gasteiger partial charge is 0.496 e. The zero-order chi connectivity index (χ0) is 15.4. The highest BCUT2D eigenvalue weighted by Crippen LogP contribution is 2.42. The van der Waals surface area contributed by atoms with E-state index in [1.54, 1.807) is 21.3 Å². The maximum Gasteiger partial charge on any atom is 0.164 e. The summed E-state index contributed by atoms with van der Waals surface area (Å²) in [6, 6.07) is 3.80. The highest BCUT2D eigenvalue weighted by Gasteiger charge is 2.27. The number of nitrogens with two attached hydrogens (primary N) is 1. The minimum absolute atomic E-state index is 0.0211. The van der Waals surface area contributed by atoms with Crippen molar-refractivity contribution in [1.29, 1.82) is 0 Å². The van der Waals surface area contributed by atoms with Gasteiger partial charge in [-0.05, 0) is 30.7 Å². The summed E-state index contributed by atoms with van der Waals surface area (Å²) >= 11 is 0. The molecule has 0 aromatic heterocycles. The summed E-state index contributed by atoms with van der Waals surface area (Å²) in [4.78, 5) is 0. The lowest BCUT2D eigenvalue weighted by Gasteiger charge is -2.31. The zero-order valence-electron chi connectivity index (χ0n) is 13.5. The highest BCUT2D eigenvalue weighted by molar-refractivity contribution is 5.52. The van der Waals surface area contributed by atoms with E-state index in [1.165, 1.54) is 25.7 Å². The van der Waals surface area contributed by atoms with Gasteiger partial charge in [0, 0.05) is 17.7 Å². The second-order valence-electron chi connectivity index (χ2n) is 5.99. The third-order valence-electron chi connectivity index (χ3n) is 4.66. The molecule has 4 nitrogen and oxygen atoms in total. The van der Waals surface area contributed by atoms with Crippen molar-refractivity contribution in [1.82, 2.24) is 0 Å². The topological polar surface area (TPSA) is 53.7 Å². The van der Waals surface area contributed by atoms with Crippen molar-refractivity contribution in [2.24, 2.45) is 17.6 Å². The Balaban J connectivity index is 2.28. The normalized spacial score (nSPS) is 23.5. The SMILES string of the molecule is COc1cc(OC)c(C(N)C2CCC(C)CC2)cc1OC. The molecule has 1 saturated carbocycles. The van der Waals surface area contributed by atoms with Crippen molar-refractivity contribution in [3.63, 3.8) is 0 Å². The molecule has 0 spiro atoms. The molecule has 0 radical (unpaired) electrons. The Morgan fingerprint density at radius 3 is 1.95 bits per heavy atom. The van der Waals surface area contributed by atoms with E-state index in [-0.39, 0.29) is 6.04 Å². The summed E-state index contributed by atoms with van der Waals surface area (Å²) in [5, 5.41) is 0. The Morgan fingerprint density at radius 2 is 1.43 bits per heavy atom. The summed E-state index contributed by atoms with van der Waals surface area (Å²) in [5.74, 6) is 3.48. The molecule has 2 N–H and O–H groups in total. The minimum atomic E-state index is -0.0211. The van der Waals surface area contributed by atoms with E-state index in [2.05, 4.69) is 6.92 Å². The molecule has 1 aromatic rings. The molecule has 1 aliphatic rings. The third-order valence-corrected chi connectivity index (χ3v) is 4.66. The maximum absolute atomic E-state index is 6.53. The predicted molar refractivity (Wildman–Crippen MR) is 84.1 cm³/mol. The van der Waals surface area contributed by atoms with Gasteiger partial charge in [0.2, 0.25) is 0 Å². The van der Waals surface area contributed by atoms with Gasteiger partial charge in [0.05, 0.1) is 21.3 Å². The monoisotopic (exact) mass is 293 g/mol. The van der Waals surface area contributed by atoms with E-state index in [0.29, 0.717) is 17.4 Å². The fourth-order valence-corrected chi connectivity index (χ4v) is 3.21. The standard InChI is InChI=1S/C17H27NO3/c1-11-5-7-12(8-6-11)17(18)13-9-15(20-3)16(21-4)10-14(13)19-2/h9-12,17H,5-8,18H2,1-4H3. The van der Waals surface area contributed by atoms with Crippen LogP contribution in [-0.2, 0) is 0 Å². The summed E-state index contributed by atoms with van der Waals surface area (Å²) < 4.78 is 16.2. The van der Waals surface area contributed by atoms with Gasteiger partial charge in [0.25, 0.3) is 0 Å². The molecule has 1 aliphatic carbocycles. The highest BCUT2D eigenvalue weighted by atomic mass is 16.5. The molecule has 0 bridgehead atoms. The number of methoxy groups -OCH3 is 3. The zero-order valence-corrected chi connectivity index (χ0v) is 13.5. The molecule has 1 aromatic carbocycles. The van der Waals surface area contributed by atoms with E-state index < -0.39 is 0 Å². The van der Waals surface area contributed by atoms with E-state index in [0.717, 1.165) is 17.2 Å². The van der Waals surface area contributed by atoms with Gasteiger partial charge >= 0.3 is 0 Å². The number of rotatable bonds is 5. The first-order valence-electron chi connectivity index (χ1n) is 7.66. The molecule has 1 fully saturated rings. The van der Waals surface area contributed by atoms with Crippen molar-refractivity contribution < 1.29 is 14.2 Å². The van der Waals surface area contributed by atoms with Crippen LogP contribution in [-0.4, -0.2) is 21.3 Å². The Labute approximate surface area is 127 Å². The van der Waals surface area contributed by atoms with Crippen LogP contribution in [0.5, 0.6) is 17.2 Å². The lowest BCUT2D eigenvalue weighted by Crippen LogP contribution is -2.26. The molecule has 0 heterocycles. The van der Waals surface area contributed by atoms with Crippen LogP contribution in [0.2, 0.25) is 0 Å². The smallest absolute Gasteiger partial charge is 0.164 e. The molecule has 0 amide bonds. The summed E-state index contributed by atoms with van der Waals surface area (Å²) in [7, 11) is 4.93. The van der Waals surface area contributed by atoms with Crippen molar-refractivity contribution in [3.8, 4) is 17.2 Å². The van der Waals surface area contributed by atoms with Gasteiger partial charge in [-0.1, -0.05) is 19.8 Å². The Hall–Kier alpha value is -1.42. The van der Waals surface area contributed by atoms with Crippen molar-refractivity contribution in [2.45, 2.75) is 38.6 Å². The summed E-state index contributed by atoms with van der Waals surface area (Å²) in [6.45, 7) is 2.32. The van der Waals surface area contributed by atoms with Gasteiger partial charge in [-0.3, -0.25) is 0 Å². The van der Waals surface area contributed by atoms with Gasteiger partial charge in [-0.2, -0.15) is 0 Å². The summed E-state index contributed by atoms with van der Waals surface area (Å²) in [6.07, 6.45) is 4.88. The van der Waals surface area contributed by atoms with E-state index >= 15 is 0 Å². The fraction of sp³-hybridized carbons (Fsp3) is 0.647. The Bertz CT molecular complexity index is 467. The van der Waals surface area contributed by atoms with Crippen molar-refractivity contribution >= 4 is 0 Å². The first-order chi connectivity index (χ1) is 10.1. The second kappa shape index (κ2) is 7.03. The average molecular weight is 293 g/mol. The van der Waals surface area contributed by atoms with Gasteiger partial charge < -0.3 is 19.9 Å². The molecular weight excluding hydrogens is 266 g/mol. The van der Waals surface area contributed by atoms with Crippen molar-refractivity contribution in [2.75, 3.05) is 21.3 Å². The first kappa shape index (κ1) is 16.0. The number of ether oxygens (including phenoxy) is 3. The van der Waals surface area contributed by atoms with Crippen LogP contribution in [0.3, 0.4) is 0 Å². The predicted octanol–water partition coefficient (Wildman–Crippen LogP) is 3.54. The Morgan fingerprint density at radius 1 is 0.905 bits per heavy atom. The van der Waals surface area contributed by atoms with Crippen LogP contribution in [0.15, 0.2) is 12.1 Å². The molecule has 21 heavy (non-hydrogen) atoms. The van der Waals surface area contributed by atoms with E-state index in [1.807, 2.05) is 12.1 Å². The summed E-state index contributed by atoms with van der Waals surface area (Å²) in [5.41, 5.74) is 7.54. The molecule has 4 heteroatoms. The quantitative estimate of drug-likeness (QED) is 0.902. The van der Waals surface area contributed by atoms with Crippen LogP contribution < -0.4 is 19.9 Å². The molecule has 2 rings (SSSR count). The molecule has 0 aliphatic heterocycles. The second-order valence-corrected chi connectivity index (χ2v) is 5.99. The third kappa shape index (κ3) is 3.43. The average Bonchev–Trinajstić information content (AvgIpc) is 2.53. The van der Waals surface area contributed by atoms with Crippen molar-refractivity contribution in [3.05, 3.63) is 17.7 Å². The maximum atomic E-state index is 6.53. The fourth-order valence-electron chi connectivity index (χ4n) is 3.21. The van der Waals surface area contributed by atoms with Crippen LogP contribution >= 0.6 is 0 Å². The lowest BCUT2D eigenvalue weighted by molar-refractivity contribution is 0.252. The van der Waals surface area contributed by atoms with E-state index in [4.69, 9.17) is 19.9 Å². The number of hydrogen-bond donors (Lipinski definition) is 1. The number of benzene rings is 1. The molecule has 1 atom stereocenters. The van der Waals surface area contributed by atoms with Crippen LogP contribution in [0.4, 0.5) is 0 Å². The number of hydrogen-bond acceptors (Lipinski definition) is 4. The molecule has 1 unspecified atom stereocenters. The van der Waals surface area contributed by atoms with Crippen LogP contribution in [0.1, 0.15) is 44.2 Å². The van der Waals surface area contributed by atoms with Gasteiger partial charge in [-0.15, -0.1) is 0 Å². The van der Waals surface area contributed by atoms with E-state index in [9.17, 15) is 0 Å². The first-order valence-corrected chi connectivity index (χ1v) is 7.66.